The predicted molar refractivity (Wildman–Crippen MR) is 75.5 cm³/mol. The Kier molecular flexibility index (Phi) is 5.24. The van der Waals surface area contributed by atoms with Gasteiger partial charge in [-0.1, -0.05) is 37.3 Å². The van der Waals surface area contributed by atoms with Crippen molar-refractivity contribution in [3.63, 3.8) is 0 Å². The van der Waals surface area contributed by atoms with Gasteiger partial charge in [0.15, 0.2) is 6.23 Å². The quantitative estimate of drug-likeness (QED) is 0.665. The fourth-order valence-corrected chi connectivity index (χ4v) is 2.21. The molecular formula is C14H19NO3S. The average Bonchev–Trinajstić information content (AvgIpc) is 2.86. The van der Waals surface area contributed by atoms with Crippen LogP contribution >= 0.6 is 12.6 Å². The summed E-state index contributed by atoms with van der Waals surface area (Å²) in [7, 11) is 0. The van der Waals surface area contributed by atoms with E-state index >= 15 is 0 Å². The number of hydroxylamine groups is 2. The predicted octanol–water partition coefficient (Wildman–Crippen LogP) is 2.40. The summed E-state index contributed by atoms with van der Waals surface area (Å²) in [5.74, 6) is -0.0663. The van der Waals surface area contributed by atoms with Gasteiger partial charge in [0.25, 0.3) is 0 Å². The Morgan fingerprint density at radius 3 is 2.79 bits per heavy atom. The summed E-state index contributed by atoms with van der Waals surface area (Å²) in [5, 5.41) is 1.53. The molecule has 1 saturated heterocycles. The summed E-state index contributed by atoms with van der Waals surface area (Å²) < 4.78 is 5.54. The molecule has 0 radical (unpaired) electrons. The van der Waals surface area contributed by atoms with Crippen LogP contribution in [0.5, 0.6) is 0 Å². The standard InChI is InChI=1S/C14H19NO3S/c1-2-13(16)15(14-8-12(19)10-17-14)18-9-11-6-4-3-5-7-11/h3-7,12,14,19H,2,8-10H2,1H3. The van der Waals surface area contributed by atoms with Crippen molar-refractivity contribution in [2.24, 2.45) is 0 Å². The van der Waals surface area contributed by atoms with Gasteiger partial charge in [-0.2, -0.15) is 17.7 Å². The van der Waals surface area contributed by atoms with Gasteiger partial charge in [0.1, 0.15) is 6.61 Å². The van der Waals surface area contributed by atoms with Gasteiger partial charge < -0.3 is 4.74 Å². The molecule has 4 nitrogen and oxygen atoms in total. The van der Waals surface area contributed by atoms with E-state index in [0.29, 0.717) is 26.1 Å². The van der Waals surface area contributed by atoms with Crippen LogP contribution in [0, 0.1) is 0 Å². The van der Waals surface area contributed by atoms with Crippen LogP contribution in [0.3, 0.4) is 0 Å². The van der Waals surface area contributed by atoms with Crippen molar-refractivity contribution in [1.82, 2.24) is 5.06 Å². The second kappa shape index (κ2) is 6.93. The van der Waals surface area contributed by atoms with Crippen molar-refractivity contribution in [1.29, 1.82) is 0 Å². The molecule has 1 aromatic rings. The van der Waals surface area contributed by atoms with Crippen molar-refractivity contribution in [2.75, 3.05) is 6.61 Å². The first kappa shape index (κ1) is 14.4. The van der Waals surface area contributed by atoms with Crippen LogP contribution in [0.1, 0.15) is 25.3 Å². The van der Waals surface area contributed by atoms with Crippen LogP contribution < -0.4 is 0 Å². The molecule has 2 atom stereocenters. The second-order valence-electron chi connectivity index (χ2n) is 4.51. The highest BCUT2D eigenvalue weighted by atomic mass is 32.1. The van der Waals surface area contributed by atoms with Gasteiger partial charge in [-0.25, -0.2) is 0 Å². The summed E-state index contributed by atoms with van der Waals surface area (Å²) in [6.45, 7) is 2.73. The Morgan fingerprint density at radius 1 is 1.47 bits per heavy atom. The van der Waals surface area contributed by atoms with Gasteiger partial charge >= 0.3 is 0 Å². The molecule has 1 heterocycles. The third kappa shape index (κ3) is 3.96. The Morgan fingerprint density at radius 2 is 2.21 bits per heavy atom. The highest BCUT2D eigenvalue weighted by Crippen LogP contribution is 2.22. The van der Waals surface area contributed by atoms with Crippen molar-refractivity contribution in [3.8, 4) is 0 Å². The zero-order valence-electron chi connectivity index (χ0n) is 11.0. The number of hydrogen-bond acceptors (Lipinski definition) is 4. The maximum atomic E-state index is 11.9. The molecule has 2 rings (SSSR count). The second-order valence-corrected chi connectivity index (χ2v) is 5.24. The van der Waals surface area contributed by atoms with Crippen molar-refractivity contribution >= 4 is 18.5 Å². The van der Waals surface area contributed by atoms with Gasteiger partial charge in [0, 0.05) is 18.1 Å². The van der Waals surface area contributed by atoms with Crippen LogP contribution in [0.2, 0.25) is 0 Å². The molecule has 1 amide bonds. The van der Waals surface area contributed by atoms with E-state index in [-0.39, 0.29) is 17.4 Å². The van der Waals surface area contributed by atoms with Gasteiger partial charge in [0.05, 0.1) is 6.61 Å². The normalized spacial score (nSPS) is 22.4. The van der Waals surface area contributed by atoms with Gasteiger partial charge in [-0.15, -0.1) is 0 Å². The first-order valence-corrected chi connectivity index (χ1v) is 7.01. The lowest BCUT2D eigenvalue weighted by molar-refractivity contribution is -0.241. The van der Waals surface area contributed by atoms with Crippen molar-refractivity contribution in [2.45, 2.75) is 37.9 Å². The zero-order valence-corrected chi connectivity index (χ0v) is 11.9. The smallest absolute Gasteiger partial charge is 0.248 e. The Bertz CT molecular complexity index is 412. The van der Waals surface area contributed by atoms with Crippen LogP contribution in [-0.2, 0) is 21.0 Å². The summed E-state index contributed by atoms with van der Waals surface area (Å²) in [5.41, 5.74) is 1.02. The molecule has 1 aromatic carbocycles. The molecule has 0 N–H and O–H groups in total. The number of carbonyl (C=O) groups excluding carboxylic acids is 1. The maximum Gasteiger partial charge on any atom is 0.248 e. The van der Waals surface area contributed by atoms with Gasteiger partial charge in [-0.05, 0) is 5.56 Å². The molecule has 19 heavy (non-hydrogen) atoms. The topological polar surface area (TPSA) is 38.8 Å². The van der Waals surface area contributed by atoms with Crippen LogP contribution in [0.25, 0.3) is 0 Å². The minimum Gasteiger partial charge on any atom is -0.355 e. The molecule has 5 heteroatoms. The molecule has 0 aromatic heterocycles. The minimum atomic E-state index is -0.321. The first-order chi connectivity index (χ1) is 9.20. The van der Waals surface area contributed by atoms with Crippen LogP contribution in [0.15, 0.2) is 30.3 Å². The monoisotopic (exact) mass is 281 g/mol. The summed E-state index contributed by atoms with van der Waals surface area (Å²) in [6.07, 6.45) is 0.772. The largest absolute Gasteiger partial charge is 0.355 e. The third-order valence-corrected chi connectivity index (χ3v) is 3.34. The first-order valence-electron chi connectivity index (χ1n) is 6.49. The van der Waals surface area contributed by atoms with E-state index in [9.17, 15) is 4.79 Å². The zero-order chi connectivity index (χ0) is 13.7. The molecule has 0 bridgehead atoms. The van der Waals surface area contributed by atoms with Crippen molar-refractivity contribution in [3.05, 3.63) is 35.9 Å². The van der Waals surface area contributed by atoms with Crippen LogP contribution in [-0.4, -0.2) is 29.1 Å². The number of carbonyl (C=O) groups is 1. The lowest BCUT2D eigenvalue weighted by atomic mass is 10.2. The lowest BCUT2D eigenvalue weighted by Crippen LogP contribution is -2.39. The molecule has 0 spiro atoms. The fraction of sp³-hybridized carbons (Fsp3) is 0.500. The molecule has 2 unspecified atom stereocenters. The van der Waals surface area contributed by atoms with Gasteiger partial charge in [0.2, 0.25) is 5.91 Å². The Labute approximate surface area is 119 Å². The number of nitrogens with zero attached hydrogens (tertiary/aromatic N) is 1. The summed E-state index contributed by atoms with van der Waals surface area (Å²) in [4.78, 5) is 17.6. The summed E-state index contributed by atoms with van der Waals surface area (Å²) in [6, 6.07) is 9.77. The molecule has 1 aliphatic heterocycles. The number of thiol groups is 1. The number of benzene rings is 1. The molecule has 1 aliphatic rings. The molecule has 104 valence electrons. The number of ether oxygens (including phenoxy) is 1. The Balaban J connectivity index is 1.96. The third-order valence-electron chi connectivity index (χ3n) is 2.98. The number of rotatable bonds is 5. The molecule has 0 saturated carbocycles. The summed E-state index contributed by atoms with van der Waals surface area (Å²) >= 11 is 4.36. The van der Waals surface area contributed by atoms with E-state index in [1.165, 1.54) is 5.06 Å². The van der Waals surface area contributed by atoms with E-state index in [1.54, 1.807) is 0 Å². The van der Waals surface area contributed by atoms with E-state index in [0.717, 1.165) is 5.56 Å². The van der Waals surface area contributed by atoms with E-state index in [4.69, 9.17) is 9.57 Å². The average molecular weight is 281 g/mol. The van der Waals surface area contributed by atoms with E-state index < -0.39 is 0 Å². The van der Waals surface area contributed by atoms with E-state index in [2.05, 4.69) is 12.6 Å². The SMILES string of the molecule is CCC(=O)N(OCc1ccccc1)C1CC(S)CO1. The van der Waals surface area contributed by atoms with Crippen LogP contribution in [0.4, 0.5) is 0 Å². The van der Waals surface area contributed by atoms with E-state index in [1.807, 2.05) is 37.3 Å². The fourth-order valence-electron chi connectivity index (χ4n) is 1.94. The maximum absolute atomic E-state index is 11.9. The number of amides is 1. The Hall–Kier alpha value is -1.04. The highest BCUT2D eigenvalue weighted by Gasteiger charge is 2.31. The van der Waals surface area contributed by atoms with Crippen molar-refractivity contribution < 1.29 is 14.4 Å². The highest BCUT2D eigenvalue weighted by molar-refractivity contribution is 7.81. The van der Waals surface area contributed by atoms with Gasteiger partial charge in [-0.3, -0.25) is 9.63 Å². The lowest BCUT2D eigenvalue weighted by Gasteiger charge is -2.26. The molecular weight excluding hydrogens is 262 g/mol. The molecule has 1 fully saturated rings. The number of hydrogen-bond donors (Lipinski definition) is 1. The molecule has 0 aliphatic carbocycles. The minimum absolute atomic E-state index is 0.0663.